The molecule has 0 saturated heterocycles. The maximum absolute atomic E-state index is 9.66. The second-order valence-corrected chi connectivity index (χ2v) is 4.01. The van der Waals surface area contributed by atoms with Crippen molar-refractivity contribution in [1.82, 2.24) is 15.1 Å². The topological polar surface area (TPSA) is 81.3 Å². The molecule has 6 nitrogen and oxygen atoms in total. The van der Waals surface area contributed by atoms with E-state index in [0.29, 0.717) is 11.4 Å². The van der Waals surface area contributed by atoms with Crippen LogP contribution in [0.5, 0.6) is 11.5 Å². The third kappa shape index (κ3) is 2.59. The molecule has 2 heterocycles. The van der Waals surface area contributed by atoms with Crippen LogP contribution in [-0.2, 0) is 6.61 Å². The molecule has 6 heteroatoms. The molecule has 0 spiro atoms. The van der Waals surface area contributed by atoms with E-state index in [1.807, 2.05) is 30.3 Å². The fourth-order valence-electron chi connectivity index (χ4n) is 1.65. The second kappa shape index (κ2) is 5.40. The SMILES string of the molecule is Oc1cnccc1-c1nc(COc2ccccc2)no1. The molecule has 3 aromatic rings. The summed E-state index contributed by atoms with van der Waals surface area (Å²) < 4.78 is 10.6. The predicted molar refractivity (Wildman–Crippen MR) is 70.0 cm³/mol. The standard InChI is InChI=1S/C14H11N3O3/c18-12-8-15-7-6-11(12)14-16-13(17-20-14)9-19-10-4-2-1-3-5-10/h1-8,18H,9H2. The minimum absolute atomic E-state index is 0.00771. The van der Waals surface area contributed by atoms with Gasteiger partial charge in [0.25, 0.3) is 5.89 Å². The Morgan fingerprint density at radius 3 is 2.80 bits per heavy atom. The highest BCUT2D eigenvalue weighted by Gasteiger charge is 2.12. The van der Waals surface area contributed by atoms with Crippen molar-refractivity contribution in [2.24, 2.45) is 0 Å². The number of pyridine rings is 1. The van der Waals surface area contributed by atoms with E-state index >= 15 is 0 Å². The zero-order chi connectivity index (χ0) is 13.8. The van der Waals surface area contributed by atoms with E-state index in [2.05, 4.69) is 15.1 Å². The van der Waals surface area contributed by atoms with E-state index in [1.54, 1.807) is 12.3 Å². The van der Waals surface area contributed by atoms with Gasteiger partial charge in [-0.3, -0.25) is 4.98 Å². The van der Waals surface area contributed by atoms with E-state index in [0.717, 1.165) is 5.75 Å². The summed E-state index contributed by atoms with van der Waals surface area (Å²) in [4.78, 5) is 7.95. The van der Waals surface area contributed by atoms with Gasteiger partial charge in [0, 0.05) is 6.20 Å². The summed E-state index contributed by atoms with van der Waals surface area (Å²) in [6.45, 7) is 0.194. The van der Waals surface area contributed by atoms with Crippen molar-refractivity contribution in [2.45, 2.75) is 6.61 Å². The monoisotopic (exact) mass is 269 g/mol. The maximum Gasteiger partial charge on any atom is 0.261 e. The predicted octanol–water partition coefficient (Wildman–Crippen LogP) is 2.42. The van der Waals surface area contributed by atoms with Gasteiger partial charge < -0.3 is 14.4 Å². The minimum Gasteiger partial charge on any atom is -0.505 e. The molecular weight excluding hydrogens is 258 g/mol. The van der Waals surface area contributed by atoms with Crippen molar-refractivity contribution in [3.8, 4) is 23.0 Å². The van der Waals surface area contributed by atoms with Crippen molar-refractivity contribution in [3.63, 3.8) is 0 Å². The molecule has 20 heavy (non-hydrogen) atoms. The van der Waals surface area contributed by atoms with Crippen LogP contribution in [0.15, 0.2) is 53.3 Å². The molecule has 0 aliphatic rings. The molecule has 1 N–H and O–H groups in total. The molecule has 0 atom stereocenters. The third-order valence-corrected chi connectivity index (χ3v) is 2.61. The molecule has 0 amide bonds. The second-order valence-electron chi connectivity index (χ2n) is 4.01. The van der Waals surface area contributed by atoms with Gasteiger partial charge in [0.2, 0.25) is 5.82 Å². The highest BCUT2D eigenvalue weighted by atomic mass is 16.5. The first-order valence-corrected chi connectivity index (χ1v) is 5.97. The quantitative estimate of drug-likeness (QED) is 0.783. The van der Waals surface area contributed by atoms with Crippen LogP contribution in [0.3, 0.4) is 0 Å². The maximum atomic E-state index is 9.66. The Morgan fingerprint density at radius 1 is 1.15 bits per heavy atom. The molecule has 0 saturated carbocycles. The van der Waals surface area contributed by atoms with Gasteiger partial charge in [0.05, 0.1) is 11.8 Å². The number of nitrogens with zero attached hydrogens (tertiary/aromatic N) is 3. The minimum atomic E-state index is -0.00771. The van der Waals surface area contributed by atoms with Gasteiger partial charge in [-0.15, -0.1) is 0 Å². The summed E-state index contributed by atoms with van der Waals surface area (Å²) in [5.74, 6) is 1.36. The number of aromatic hydroxyl groups is 1. The largest absolute Gasteiger partial charge is 0.505 e. The summed E-state index contributed by atoms with van der Waals surface area (Å²) in [7, 11) is 0. The number of rotatable bonds is 4. The van der Waals surface area contributed by atoms with Crippen molar-refractivity contribution in [1.29, 1.82) is 0 Å². The number of ether oxygens (including phenoxy) is 1. The first kappa shape index (κ1) is 12.2. The number of hydrogen-bond acceptors (Lipinski definition) is 6. The Morgan fingerprint density at radius 2 is 2.00 bits per heavy atom. The highest BCUT2D eigenvalue weighted by molar-refractivity contribution is 5.60. The lowest BCUT2D eigenvalue weighted by Gasteiger charge is -2.01. The molecule has 1 aromatic carbocycles. The highest BCUT2D eigenvalue weighted by Crippen LogP contribution is 2.26. The lowest BCUT2D eigenvalue weighted by Crippen LogP contribution is -1.97. The Bertz CT molecular complexity index is 698. The lowest BCUT2D eigenvalue weighted by molar-refractivity contribution is 0.287. The normalized spacial score (nSPS) is 10.4. The van der Waals surface area contributed by atoms with Crippen LogP contribution in [0, 0.1) is 0 Å². The first-order chi connectivity index (χ1) is 9.83. The van der Waals surface area contributed by atoms with E-state index in [4.69, 9.17) is 9.26 Å². The zero-order valence-corrected chi connectivity index (χ0v) is 10.4. The lowest BCUT2D eigenvalue weighted by atomic mass is 10.2. The number of benzene rings is 1. The van der Waals surface area contributed by atoms with Gasteiger partial charge in [0.15, 0.2) is 6.61 Å². The van der Waals surface area contributed by atoms with Gasteiger partial charge in [-0.05, 0) is 18.2 Å². The first-order valence-electron chi connectivity index (χ1n) is 5.97. The van der Waals surface area contributed by atoms with E-state index in [1.165, 1.54) is 6.20 Å². The van der Waals surface area contributed by atoms with E-state index in [9.17, 15) is 5.11 Å². The molecule has 0 radical (unpaired) electrons. The van der Waals surface area contributed by atoms with Gasteiger partial charge in [-0.25, -0.2) is 0 Å². The number of aromatic nitrogens is 3. The van der Waals surface area contributed by atoms with Crippen LogP contribution in [-0.4, -0.2) is 20.2 Å². The Kier molecular flexibility index (Phi) is 3.28. The average molecular weight is 269 g/mol. The summed E-state index contributed by atoms with van der Waals surface area (Å²) in [6.07, 6.45) is 2.86. The van der Waals surface area contributed by atoms with Crippen LogP contribution < -0.4 is 4.74 Å². The van der Waals surface area contributed by atoms with Crippen LogP contribution in [0.25, 0.3) is 11.5 Å². The van der Waals surface area contributed by atoms with Crippen LogP contribution in [0.2, 0.25) is 0 Å². The molecule has 0 aliphatic heterocycles. The summed E-state index contributed by atoms with van der Waals surface area (Å²) in [5, 5.41) is 13.5. The van der Waals surface area contributed by atoms with Crippen molar-refractivity contribution in [3.05, 3.63) is 54.6 Å². The molecule has 0 aliphatic carbocycles. The summed E-state index contributed by atoms with van der Waals surface area (Å²) >= 11 is 0. The Labute approximate surface area is 114 Å². The van der Waals surface area contributed by atoms with Crippen LogP contribution >= 0.6 is 0 Å². The smallest absolute Gasteiger partial charge is 0.261 e. The van der Waals surface area contributed by atoms with Gasteiger partial charge in [0.1, 0.15) is 11.5 Å². The zero-order valence-electron chi connectivity index (χ0n) is 10.4. The van der Waals surface area contributed by atoms with E-state index < -0.39 is 0 Å². The summed E-state index contributed by atoms with van der Waals surface area (Å²) in [5.41, 5.74) is 0.443. The third-order valence-electron chi connectivity index (χ3n) is 2.61. The van der Waals surface area contributed by atoms with Crippen LogP contribution in [0.1, 0.15) is 5.82 Å². The fraction of sp³-hybridized carbons (Fsp3) is 0.0714. The molecule has 0 bridgehead atoms. The Hall–Kier alpha value is -2.89. The molecule has 0 unspecified atom stereocenters. The van der Waals surface area contributed by atoms with Crippen molar-refractivity contribution < 1.29 is 14.4 Å². The molecule has 3 rings (SSSR count). The molecular formula is C14H11N3O3. The number of hydrogen-bond donors (Lipinski definition) is 1. The Balaban J connectivity index is 1.73. The van der Waals surface area contributed by atoms with Gasteiger partial charge in [-0.2, -0.15) is 4.98 Å². The van der Waals surface area contributed by atoms with Crippen LogP contribution in [0.4, 0.5) is 0 Å². The molecule has 0 fully saturated rings. The van der Waals surface area contributed by atoms with Gasteiger partial charge >= 0.3 is 0 Å². The summed E-state index contributed by atoms with van der Waals surface area (Å²) in [6, 6.07) is 11.0. The number of para-hydroxylation sites is 1. The molecule has 100 valence electrons. The van der Waals surface area contributed by atoms with Crippen molar-refractivity contribution in [2.75, 3.05) is 0 Å². The van der Waals surface area contributed by atoms with Gasteiger partial charge in [-0.1, -0.05) is 23.4 Å². The van der Waals surface area contributed by atoms with E-state index in [-0.39, 0.29) is 18.2 Å². The fourth-order valence-corrected chi connectivity index (χ4v) is 1.65. The van der Waals surface area contributed by atoms with Crippen molar-refractivity contribution >= 4 is 0 Å². The molecule has 2 aromatic heterocycles. The average Bonchev–Trinajstić information content (AvgIpc) is 2.95.